The number of oxime groups is 1. The average molecular weight is 548 g/mol. The number of likely N-dealkylation sites (tertiary alicyclic amines) is 2. The van der Waals surface area contributed by atoms with Gasteiger partial charge in [-0.25, -0.2) is 4.39 Å². The number of piperidine rings is 1. The van der Waals surface area contributed by atoms with Crippen molar-refractivity contribution in [3.8, 4) is 16.9 Å². The van der Waals surface area contributed by atoms with Gasteiger partial charge in [-0.1, -0.05) is 23.4 Å². The van der Waals surface area contributed by atoms with E-state index in [1.165, 1.54) is 48.9 Å². The van der Waals surface area contributed by atoms with Crippen LogP contribution in [0.5, 0.6) is 5.75 Å². The van der Waals surface area contributed by atoms with Crippen molar-refractivity contribution >= 4 is 11.8 Å². The van der Waals surface area contributed by atoms with Crippen LogP contribution in [0.2, 0.25) is 0 Å². The fourth-order valence-corrected chi connectivity index (χ4v) is 6.49. The minimum absolute atomic E-state index is 0.221. The number of carbonyl (C=O) groups is 1. The molecular formula is C32H38FN3O4. The molecule has 0 atom stereocenters. The van der Waals surface area contributed by atoms with Gasteiger partial charge in [-0.05, 0) is 92.2 Å². The van der Waals surface area contributed by atoms with Gasteiger partial charge in [-0.3, -0.25) is 9.69 Å². The van der Waals surface area contributed by atoms with Gasteiger partial charge in [0.1, 0.15) is 17.4 Å². The van der Waals surface area contributed by atoms with Crippen molar-refractivity contribution in [2.24, 2.45) is 16.5 Å². The van der Waals surface area contributed by atoms with Crippen molar-refractivity contribution in [1.29, 1.82) is 0 Å². The number of ether oxygens (including phenoxy) is 1. The Balaban J connectivity index is 1.03. The molecule has 212 valence electrons. The van der Waals surface area contributed by atoms with Crippen molar-refractivity contribution in [3.05, 3.63) is 53.3 Å². The van der Waals surface area contributed by atoms with Crippen molar-refractivity contribution in [1.82, 2.24) is 9.80 Å². The maximum absolute atomic E-state index is 13.7. The fourth-order valence-electron chi connectivity index (χ4n) is 6.49. The molecule has 0 bridgehead atoms. The van der Waals surface area contributed by atoms with Crippen LogP contribution in [0.25, 0.3) is 11.1 Å². The van der Waals surface area contributed by atoms with E-state index in [1.54, 1.807) is 0 Å². The Bertz CT molecular complexity index is 1320. The molecule has 2 aromatic carbocycles. The smallest absolute Gasteiger partial charge is 0.309 e. The molecule has 7 rings (SSSR count). The summed E-state index contributed by atoms with van der Waals surface area (Å²) in [5.41, 5.74) is 3.80. The van der Waals surface area contributed by atoms with Crippen molar-refractivity contribution in [3.63, 3.8) is 0 Å². The standard InChI is InChI=1S/C32H38FN3O4/c1-31(30(37)38)10-12-36(13-11-31)28-16-32(40-34-28)19-35(20-32)17-22-14-26(23-4-5-23)29(24-6-8-25(33)9-7-24)27(15-22)39-18-21-2-3-21/h6-9,14-15,21,23H,2-5,10-13,16-20H2,1H3,(H,37,38). The number of aliphatic carboxylic acids is 1. The van der Waals surface area contributed by atoms with Crippen molar-refractivity contribution < 1.29 is 23.9 Å². The lowest BCUT2D eigenvalue weighted by Crippen LogP contribution is -2.61. The second-order valence-corrected chi connectivity index (χ2v) is 13.1. The first kappa shape index (κ1) is 25.8. The van der Waals surface area contributed by atoms with E-state index in [9.17, 15) is 14.3 Å². The van der Waals surface area contributed by atoms with Crippen LogP contribution < -0.4 is 4.74 Å². The second-order valence-electron chi connectivity index (χ2n) is 13.1. The number of halogens is 1. The van der Waals surface area contributed by atoms with Gasteiger partial charge >= 0.3 is 5.97 Å². The van der Waals surface area contributed by atoms with E-state index in [4.69, 9.17) is 9.57 Å². The summed E-state index contributed by atoms with van der Waals surface area (Å²) < 4.78 is 20.2. The molecular weight excluding hydrogens is 509 g/mol. The van der Waals surface area contributed by atoms with E-state index in [-0.39, 0.29) is 11.4 Å². The lowest BCUT2D eigenvalue weighted by molar-refractivity contribution is -0.150. The summed E-state index contributed by atoms with van der Waals surface area (Å²) in [6.07, 6.45) is 6.87. The molecule has 2 aliphatic carbocycles. The number of rotatable bonds is 8. The highest BCUT2D eigenvalue weighted by atomic mass is 19.1. The average Bonchev–Trinajstić information content (AvgIpc) is 3.86. The lowest BCUT2D eigenvalue weighted by Gasteiger charge is -2.46. The largest absolute Gasteiger partial charge is 0.493 e. The van der Waals surface area contributed by atoms with E-state index in [2.05, 4.69) is 27.1 Å². The van der Waals surface area contributed by atoms with Gasteiger partial charge in [-0.2, -0.15) is 0 Å². The second kappa shape index (κ2) is 9.75. The van der Waals surface area contributed by atoms with E-state index in [0.29, 0.717) is 37.8 Å². The first-order chi connectivity index (χ1) is 19.3. The SMILES string of the molecule is CC1(C(=O)O)CCN(C2=NOC3(C2)CN(Cc2cc(OCC4CC4)c(-c4ccc(F)cc4)c(C4CC4)c2)C3)CC1. The van der Waals surface area contributed by atoms with Crippen LogP contribution in [-0.2, 0) is 16.2 Å². The Hall–Kier alpha value is -3.13. The molecule has 2 aromatic rings. The van der Waals surface area contributed by atoms with Crippen LogP contribution in [0, 0.1) is 17.2 Å². The molecule has 4 fully saturated rings. The first-order valence-corrected chi connectivity index (χ1v) is 14.8. The molecule has 3 aliphatic heterocycles. The summed E-state index contributed by atoms with van der Waals surface area (Å²) in [4.78, 5) is 22.2. The number of hydrogen-bond acceptors (Lipinski definition) is 6. The van der Waals surface area contributed by atoms with Gasteiger partial charge in [0, 0.05) is 38.3 Å². The number of hydrogen-bond donors (Lipinski definition) is 1. The highest BCUT2D eigenvalue weighted by molar-refractivity contribution is 5.85. The summed E-state index contributed by atoms with van der Waals surface area (Å²) in [7, 11) is 0. The zero-order valence-corrected chi connectivity index (χ0v) is 23.2. The van der Waals surface area contributed by atoms with Crippen molar-refractivity contribution in [2.45, 2.75) is 69.9 Å². The Morgan fingerprint density at radius 2 is 1.85 bits per heavy atom. The molecule has 1 spiro atoms. The van der Waals surface area contributed by atoms with E-state index >= 15 is 0 Å². The minimum Gasteiger partial charge on any atom is -0.493 e. The fraction of sp³-hybridized carbons (Fsp3) is 0.562. The number of amidine groups is 1. The molecule has 1 N–H and O–H groups in total. The van der Waals surface area contributed by atoms with Crippen LogP contribution in [0.15, 0.2) is 41.6 Å². The normalized spacial score (nSPS) is 23.4. The third-order valence-electron chi connectivity index (χ3n) is 9.52. The molecule has 0 unspecified atom stereocenters. The molecule has 2 saturated carbocycles. The Kier molecular flexibility index (Phi) is 6.29. The number of benzene rings is 2. The molecule has 8 heteroatoms. The summed E-state index contributed by atoms with van der Waals surface area (Å²) >= 11 is 0. The zero-order valence-electron chi connectivity index (χ0n) is 23.2. The molecule has 2 saturated heterocycles. The quantitative estimate of drug-likeness (QED) is 0.462. The predicted molar refractivity (Wildman–Crippen MR) is 150 cm³/mol. The van der Waals surface area contributed by atoms with E-state index < -0.39 is 11.4 Å². The molecule has 0 amide bonds. The van der Waals surface area contributed by atoms with Gasteiger partial charge in [0.25, 0.3) is 0 Å². The van der Waals surface area contributed by atoms with Crippen LogP contribution in [0.4, 0.5) is 4.39 Å². The Labute approximate surface area is 234 Å². The van der Waals surface area contributed by atoms with Gasteiger partial charge in [-0.15, -0.1) is 0 Å². The highest BCUT2D eigenvalue weighted by Crippen LogP contribution is 2.49. The van der Waals surface area contributed by atoms with Gasteiger partial charge in [0.05, 0.1) is 18.4 Å². The van der Waals surface area contributed by atoms with Crippen LogP contribution in [0.1, 0.15) is 68.9 Å². The first-order valence-electron chi connectivity index (χ1n) is 14.8. The lowest BCUT2D eigenvalue weighted by atomic mass is 9.80. The Morgan fingerprint density at radius 1 is 1.12 bits per heavy atom. The van der Waals surface area contributed by atoms with Gasteiger partial charge in [0.15, 0.2) is 5.60 Å². The summed E-state index contributed by atoms with van der Waals surface area (Å²) in [6, 6.07) is 11.4. The summed E-state index contributed by atoms with van der Waals surface area (Å²) in [5, 5.41) is 14.0. The molecule has 40 heavy (non-hydrogen) atoms. The zero-order chi connectivity index (χ0) is 27.5. The number of carboxylic acid groups (broad SMARTS) is 1. The highest BCUT2D eigenvalue weighted by Gasteiger charge is 2.51. The predicted octanol–water partition coefficient (Wildman–Crippen LogP) is 5.63. The number of carboxylic acids is 1. The van der Waals surface area contributed by atoms with Crippen LogP contribution in [-0.4, -0.2) is 65.1 Å². The molecule has 7 nitrogen and oxygen atoms in total. The summed E-state index contributed by atoms with van der Waals surface area (Å²) in [5.74, 6) is 2.14. The van der Waals surface area contributed by atoms with E-state index in [0.717, 1.165) is 55.4 Å². The van der Waals surface area contributed by atoms with Crippen LogP contribution >= 0.6 is 0 Å². The van der Waals surface area contributed by atoms with Gasteiger partial charge < -0.3 is 19.6 Å². The van der Waals surface area contributed by atoms with Crippen molar-refractivity contribution in [2.75, 3.05) is 32.8 Å². The van der Waals surface area contributed by atoms with Crippen LogP contribution in [0.3, 0.4) is 0 Å². The summed E-state index contributed by atoms with van der Waals surface area (Å²) in [6.45, 7) is 6.45. The molecule has 0 radical (unpaired) electrons. The third kappa shape index (κ3) is 5.06. The molecule has 3 heterocycles. The Morgan fingerprint density at radius 3 is 2.50 bits per heavy atom. The maximum atomic E-state index is 13.7. The topological polar surface area (TPSA) is 74.6 Å². The minimum atomic E-state index is -0.709. The molecule has 0 aromatic heterocycles. The third-order valence-corrected chi connectivity index (χ3v) is 9.52. The number of nitrogens with zero attached hydrogens (tertiary/aromatic N) is 3. The van der Waals surface area contributed by atoms with E-state index in [1.807, 2.05) is 19.1 Å². The monoisotopic (exact) mass is 547 g/mol. The molecule has 5 aliphatic rings. The van der Waals surface area contributed by atoms with Gasteiger partial charge in [0.2, 0.25) is 0 Å². The maximum Gasteiger partial charge on any atom is 0.309 e.